The fraction of sp³-hybridized carbons (Fsp3) is 0.500. The second kappa shape index (κ2) is 3.55. The Labute approximate surface area is 98.5 Å². The fourth-order valence-electron chi connectivity index (χ4n) is 1.55. The number of aromatic nitrogens is 4. The molecular weight excluding hydrogens is 224 g/mol. The molecule has 16 heavy (non-hydrogen) atoms. The molecule has 2 heterocycles. The van der Waals surface area contributed by atoms with Crippen LogP contribution in [-0.2, 0) is 5.54 Å². The molecule has 2 aromatic heterocycles. The van der Waals surface area contributed by atoms with Crippen LogP contribution in [0.15, 0.2) is 10.6 Å². The average Bonchev–Trinajstić information content (AvgIpc) is 2.70. The van der Waals surface area contributed by atoms with Gasteiger partial charge in [0, 0.05) is 11.6 Å². The first-order valence-electron chi connectivity index (χ1n) is 5.01. The largest absolute Gasteiger partial charge is 0.353 e. The van der Waals surface area contributed by atoms with Crippen LogP contribution in [0.1, 0.15) is 26.5 Å². The third-order valence-electron chi connectivity index (χ3n) is 2.19. The molecule has 0 amide bonds. The van der Waals surface area contributed by atoms with E-state index >= 15 is 0 Å². The number of hydrogen-bond acceptors (Lipinski definition) is 4. The normalized spacial score (nSPS) is 12.0. The van der Waals surface area contributed by atoms with E-state index in [0.717, 1.165) is 5.69 Å². The lowest BCUT2D eigenvalue weighted by molar-refractivity contribution is 0.380. The van der Waals surface area contributed by atoms with Crippen LogP contribution in [0, 0.1) is 11.7 Å². The predicted molar refractivity (Wildman–Crippen MR) is 62.6 cm³/mol. The van der Waals surface area contributed by atoms with Gasteiger partial charge >= 0.3 is 0 Å². The molecule has 0 fully saturated rings. The third-order valence-corrected chi connectivity index (χ3v) is 2.47. The molecule has 0 bridgehead atoms. The topological polar surface area (TPSA) is 59.6 Å². The molecule has 0 atom stereocenters. The zero-order chi connectivity index (χ0) is 11.9. The van der Waals surface area contributed by atoms with E-state index in [1.54, 1.807) is 0 Å². The quantitative estimate of drug-likeness (QED) is 0.776. The molecule has 0 aliphatic carbocycles. The standard InChI is InChI=1S/C10H14N4OS/c1-6-5-7(15-13-6)8-11-12-9(16)14(8)10(2,3)4/h5H,1-4H3,(H,12,16). The van der Waals surface area contributed by atoms with Gasteiger partial charge in [0.05, 0.1) is 5.69 Å². The number of H-pyrrole nitrogens is 1. The molecule has 0 saturated carbocycles. The monoisotopic (exact) mass is 238 g/mol. The molecule has 6 heteroatoms. The lowest BCUT2D eigenvalue weighted by atomic mass is 10.1. The summed E-state index contributed by atoms with van der Waals surface area (Å²) in [5.74, 6) is 1.30. The van der Waals surface area contributed by atoms with Gasteiger partial charge in [-0.3, -0.25) is 9.67 Å². The molecule has 0 saturated heterocycles. The molecule has 0 spiro atoms. The van der Waals surface area contributed by atoms with Crippen molar-refractivity contribution in [1.29, 1.82) is 0 Å². The van der Waals surface area contributed by atoms with Crippen LogP contribution in [0.3, 0.4) is 0 Å². The molecule has 0 radical (unpaired) electrons. The summed E-state index contributed by atoms with van der Waals surface area (Å²) in [7, 11) is 0. The maximum Gasteiger partial charge on any atom is 0.204 e. The van der Waals surface area contributed by atoms with Crippen LogP contribution in [-0.4, -0.2) is 19.9 Å². The number of rotatable bonds is 1. The Hall–Kier alpha value is -1.43. The Morgan fingerprint density at radius 1 is 1.44 bits per heavy atom. The highest BCUT2D eigenvalue weighted by Gasteiger charge is 2.22. The van der Waals surface area contributed by atoms with E-state index in [1.807, 2.05) is 17.6 Å². The fourth-order valence-corrected chi connectivity index (χ4v) is 1.96. The number of nitrogens with one attached hydrogen (secondary N) is 1. The summed E-state index contributed by atoms with van der Waals surface area (Å²) in [6, 6.07) is 1.84. The van der Waals surface area contributed by atoms with Gasteiger partial charge in [0.15, 0.2) is 4.77 Å². The SMILES string of the molecule is Cc1cc(-c2n[nH]c(=S)n2C(C)(C)C)on1. The van der Waals surface area contributed by atoms with E-state index < -0.39 is 0 Å². The van der Waals surface area contributed by atoms with Crippen molar-refractivity contribution in [3.63, 3.8) is 0 Å². The lowest BCUT2D eigenvalue weighted by Gasteiger charge is -2.21. The van der Waals surface area contributed by atoms with Gasteiger partial charge in [0.25, 0.3) is 0 Å². The minimum atomic E-state index is -0.153. The first-order valence-corrected chi connectivity index (χ1v) is 5.42. The minimum Gasteiger partial charge on any atom is -0.353 e. The van der Waals surface area contributed by atoms with Gasteiger partial charge in [-0.1, -0.05) is 5.16 Å². The second-order valence-electron chi connectivity index (χ2n) is 4.69. The maximum absolute atomic E-state index is 5.21. The Bertz CT molecular complexity index is 558. The van der Waals surface area contributed by atoms with Crippen LogP contribution in [0.2, 0.25) is 0 Å². The molecule has 2 aromatic rings. The van der Waals surface area contributed by atoms with E-state index in [9.17, 15) is 0 Å². The lowest BCUT2D eigenvalue weighted by Crippen LogP contribution is -2.22. The van der Waals surface area contributed by atoms with Gasteiger partial charge in [-0.15, -0.1) is 0 Å². The highest BCUT2D eigenvalue weighted by Crippen LogP contribution is 2.24. The van der Waals surface area contributed by atoms with Gasteiger partial charge in [0.2, 0.25) is 11.6 Å². The van der Waals surface area contributed by atoms with Crippen molar-refractivity contribution in [1.82, 2.24) is 19.9 Å². The summed E-state index contributed by atoms with van der Waals surface area (Å²) >= 11 is 5.21. The van der Waals surface area contributed by atoms with Crippen molar-refractivity contribution in [2.45, 2.75) is 33.2 Å². The van der Waals surface area contributed by atoms with Crippen LogP contribution < -0.4 is 0 Å². The molecule has 86 valence electrons. The molecule has 0 aromatic carbocycles. The number of aromatic amines is 1. The average molecular weight is 238 g/mol. The van der Waals surface area contributed by atoms with Crippen molar-refractivity contribution in [2.24, 2.45) is 0 Å². The van der Waals surface area contributed by atoms with Crippen molar-refractivity contribution >= 4 is 12.2 Å². The van der Waals surface area contributed by atoms with Crippen LogP contribution in [0.5, 0.6) is 0 Å². The minimum absolute atomic E-state index is 0.153. The Morgan fingerprint density at radius 2 is 2.12 bits per heavy atom. The van der Waals surface area contributed by atoms with Gasteiger partial charge in [-0.05, 0) is 39.9 Å². The molecule has 0 unspecified atom stereocenters. The van der Waals surface area contributed by atoms with E-state index in [2.05, 4.69) is 36.1 Å². The van der Waals surface area contributed by atoms with Gasteiger partial charge in [-0.2, -0.15) is 5.10 Å². The predicted octanol–water partition coefficient (Wildman–Crippen LogP) is 2.66. The summed E-state index contributed by atoms with van der Waals surface area (Å²) in [5, 5.41) is 10.8. The Morgan fingerprint density at radius 3 is 2.62 bits per heavy atom. The van der Waals surface area contributed by atoms with E-state index in [-0.39, 0.29) is 5.54 Å². The van der Waals surface area contributed by atoms with Crippen LogP contribution in [0.4, 0.5) is 0 Å². The molecule has 0 aliphatic heterocycles. The smallest absolute Gasteiger partial charge is 0.204 e. The Kier molecular flexibility index (Phi) is 2.46. The maximum atomic E-state index is 5.21. The van der Waals surface area contributed by atoms with Crippen LogP contribution >= 0.6 is 12.2 Å². The summed E-state index contributed by atoms with van der Waals surface area (Å²) in [6.45, 7) is 8.05. The van der Waals surface area contributed by atoms with Crippen LogP contribution in [0.25, 0.3) is 11.6 Å². The van der Waals surface area contributed by atoms with E-state index in [0.29, 0.717) is 16.4 Å². The van der Waals surface area contributed by atoms with Gasteiger partial charge in [0.1, 0.15) is 0 Å². The number of nitrogens with zero attached hydrogens (tertiary/aromatic N) is 3. The second-order valence-corrected chi connectivity index (χ2v) is 5.08. The molecule has 2 rings (SSSR count). The van der Waals surface area contributed by atoms with Crippen molar-refractivity contribution < 1.29 is 4.52 Å². The van der Waals surface area contributed by atoms with Crippen molar-refractivity contribution in [3.8, 4) is 11.6 Å². The zero-order valence-corrected chi connectivity index (χ0v) is 10.6. The first kappa shape index (κ1) is 11.1. The van der Waals surface area contributed by atoms with E-state index in [1.165, 1.54) is 0 Å². The molecule has 0 aliphatic rings. The number of hydrogen-bond donors (Lipinski definition) is 1. The highest BCUT2D eigenvalue weighted by atomic mass is 32.1. The molecule has 1 N–H and O–H groups in total. The number of aryl methyl sites for hydroxylation is 1. The summed E-state index contributed by atoms with van der Waals surface area (Å²) < 4.78 is 7.70. The van der Waals surface area contributed by atoms with E-state index in [4.69, 9.17) is 16.7 Å². The van der Waals surface area contributed by atoms with Gasteiger partial charge in [-0.25, -0.2) is 0 Å². The van der Waals surface area contributed by atoms with Gasteiger partial charge < -0.3 is 4.52 Å². The highest BCUT2D eigenvalue weighted by molar-refractivity contribution is 7.71. The summed E-state index contributed by atoms with van der Waals surface area (Å²) in [5.41, 5.74) is 0.671. The summed E-state index contributed by atoms with van der Waals surface area (Å²) in [6.07, 6.45) is 0. The Balaban J connectivity index is 2.63. The summed E-state index contributed by atoms with van der Waals surface area (Å²) in [4.78, 5) is 0. The van der Waals surface area contributed by atoms with Crippen molar-refractivity contribution in [2.75, 3.05) is 0 Å². The zero-order valence-electron chi connectivity index (χ0n) is 9.74. The third kappa shape index (κ3) is 1.80. The first-order chi connectivity index (χ1) is 7.39. The molecule has 5 nitrogen and oxygen atoms in total. The van der Waals surface area contributed by atoms with Crippen molar-refractivity contribution in [3.05, 3.63) is 16.5 Å². The molecular formula is C10H14N4OS.